The first-order valence-corrected chi connectivity index (χ1v) is 15.4. The number of ether oxygens (including phenoxy) is 1. The van der Waals surface area contributed by atoms with Gasteiger partial charge in [-0.05, 0) is 87.5 Å². The van der Waals surface area contributed by atoms with Crippen molar-refractivity contribution in [3.05, 3.63) is 77.7 Å². The maximum absolute atomic E-state index is 13.3. The lowest BCUT2D eigenvalue weighted by atomic mass is 9.90. The van der Waals surface area contributed by atoms with E-state index in [4.69, 9.17) is 10.5 Å². The minimum atomic E-state index is 0.237. The highest BCUT2D eigenvalue weighted by atomic mass is 16.5. The number of benzene rings is 2. The molecular weight excluding hydrogens is 524 g/mol. The van der Waals surface area contributed by atoms with Gasteiger partial charge in [-0.25, -0.2) is 9.97 Å². The molecule has 4 rings (SSSR count). The number of carbonyl (C=O) groups excluding carboxylic acids is 1. The van der Waals surface area contributed by atoms with Crippen LogP contribution in [-0.4, -0.2) is 71.2 Å². The molecule has 8 heteroatoms. The molecule has 1 atom stereocenters. The second-order valence-corrected chi connectivity index (χ2v) is 11.1. The standard InChI is InChI=1S/C34H46N6O2/c1-4-6-10-20-39(19-5-2)24-31(41)40-21-11-12-26(23-40)22-30-32(34(35)38-25-37-30)33(36-3)27-15-17-29(18-16-27)42-28-13-8-7-9-14-28/h7-9,13-18,25-26H,4-6,10-12,19-24H2,1-3H3,(H2,35,37,38)/t26-/m0/s1. The van der Waals surface area contributed by atoms with E-state index < -0.39 is 0 Å². The first-order valence-electron chi connectivity index (χ1n) is 15.4. The molecule has 1 amide bonds. The molecule has 0 aliphatic carbocycles. The van der Waals surface area contributed by atoms with Crippen molar-refractivity contribution in [2.75, 3.05) is 45.5 Å². The fraction of sp³-hybridized carbons (Fsp3) is 0.471. The zero-order valence-corrected chi connectivity index (χ0v) is 25.5. The lowest BCUT2D eigenvalue weighted by molar-refractivity contribution is -0.134. The number of piperidine rings is 1. The topological polar surface area (TPSA) is 96.9 Å². The van der Waals surface area contributed by atoms with E-state index in [1.165, 1.54) is 19.2 Å². The lowest BCUT2D eigenvalue weighted by Crippen LogP contribution is -2.46. The molecule has 3 aromatic rings. The van der Waals surface area contributed by atoms with E-state index in [1.807, 2.05) is 54.6 Å². The molecule has 0 spiro atoms. The minimum Gasteiger partial charge on any atom is -0.457 e. The van der Waals surface area contributed by atoms with Gasteiger partial charge in [0.05, 0.1) is 23.5 Å². The molecule has 1 aliphatic rings. The smallest absolute Gasteiger partial charge is 0.236 e. The van der Waals surface area contributed by atoms with E-state index in [0.29, 0.717) is 18.3 Å². The molecule has 42 heavy (non-hydrogen) atoms. The number of hydrogen-bond acceptors (Lipinski definition) is 7. The maximum atomic E-state index is 13.3. The van der Waals surface area contributed by atoms with E-state index in [1.54, 1.807) is 7.05 Å². The molecule has 224 valence electrons. The van der Waals surface area contributed by atoms with E-state index in [9.17, 15) is 4.79 Å². The Morgan fingerprint density at radius 1 is 1.02 bits per heavy atom. The Kier molecular flexibility index (Phi) is 11.9. The Hall–Kier alpha value is -3.78. The van der Waals surface area contributed by atoms with Crippen LogP contribution in [0.2, 0.25) is 0 Å². The number of anilines is 1. The van der Waals surface area contributed by atoms with Gasteiger partial charge in [-0.3, -0.25) is 14.7 Å². The number of para-hydroxylation sites is 1. The zero-order chi connectivity index (χ0) is 29.7. The highest BCUT2D eigenvalue weighted by Crippen LogP contribution is 2.27. The number of rotatable bonds is 14. The molecule has 2 heterocycles. The second kappa shape index (κ2) is 16.0. The van der Waals surface area contributed by atoms with Crippen molar-refractivity contribution < 1.29 is 9.53 Å². The Morgan fingerprint density at radius 2 is 1.79 bits per heavy atom. The summed E-state index contributed by atoms with van der Waals surface area (Å²) in [5.74, 6) is 2.48. The number of amides is 1. The van der Waals surface area contributed by atoms with E-state index >= 15 is 0 Å². The van der Waals surface area contributed by atoms with Crippen LogP contribution in [0.1, 0.15) is 69.2 Å². The third-order valence-corrected chi connectivity index (χ3v) is 7.85. The van der Waals surface area contributed by atoms with Crippen LogP contribution >= 0.6 is 0 Å². The fourth-order valence-electron chi connectivity index (χ4n) is 5.74. The highest BCUT2D eigenvalue weighted by molar-refractivity contribution is 6.16. The highest BCUT2D eigenvalue weighted by Gasteiger charge is 2.27. The average Bonchev–Trinajstić information content (AvgIpc) is 3.00. The largest absolute Gasteiger partial charge is 0.457 e. The number of aliphatic imine (C=N–C) groups is 1. The van der Waals surface area contributed by atoms with Crippen LogP contribution in [-0.2, 0) is 11.2 Å². The van der Waals surface area contributed by atoms with Crippen LogP contribution in [0.15, 0.2) is 65.9 Å². The third-order valence-electron chi connectivity index (χ3n) is 7.85. The van der Waals surface area contributed by atoms with Gasteiger partial charge in [-0.1, -0.05) is 44.9 Å². The number of nitrogens with zero attached hydrogens (tertiary/aromatic N) is 5. The Labute approximate surface area is 251 Å². The van der Waals surface area contributed by atoms with Gasteiger partial charge < -0.3 is 15.4 Å². The summed E-state index contributed by atoms with van der Waals surface area (Å²) in [5, 5.41) is 0. The fourth-order valence-corrected chi connectivity index (χ4v) is 5.74. The number of aromatic nitrogens is 2. The number of nitrogen functional groups attached to an aromatic ring is 1. The van der Waals surface area contributed by atoms with Crippen LogP contribution in [0.5, 0.6) is 11.5 Å². The molecular formula is C34H46N6O2. The van der Waals surface area contributed by atoms with Crippen LogP contribution in [0.25, 0.3) is 0 Å². The summed E-state index contributed by atoms with van der Waals surface area (Å²) < 4.78 is 5.97. The van der Waals surface area contributed by atoms with Crippen molar-refractivity contribution in [3.8, 4) is 11.5 Å². The number of carbonyl (C=O) groups is 1. The Balaban J connectivity index is 1.45. The first-order chi connectivity index (χ1) is 20.5. The SMILES string of the molecule is CCCCCN(CCC)CC(=O)N1CCC[C@@H](Cc2ncnc(N)c2C(=NC)c2ccc(Oc3ccccc3)cc2)C1. The summed E-state index contributed by atoms with van der Waals surface area (Å²) in [6.07, 6.45) is 8.89. The molecule has 1 saturated heterocycles. The number of nitrogens with two attached hydrogens (primary N) is 1. The van der Waals surface area contributed by atoms with Crippen LogP contribution in [0, 0.1) is 5.92 Å². The first kappa shape index (κ1) is 31.2. The lowest BCUT2D eigenvalue weighted by Gasteiger charge is -2.34. The van der Waals surface area contributed by atoms with Crippen molar-refractivity contribution in [1.29, 1.82) is 0 Å². The van der Waals surface area contributed by atoms with Crippen LogP contribution in [0.4, 0.5) is 5.82 Å². The normalized spacial score (nSPS) is 15.7. The van der Waals surface area contributed by atoms with E-state index in [2.05, 4.69) is 38.6 Å². The van der Waals surface area contributed by atoms with Crippen molar-refractivity contribution >= 4 is 17.4 Å². The number of likely N-dealkylation sites (tertiary alicyclic amines) is 1. The number of unbranched alkanes of at least 4 members (excludes halogenated alkanes) is 2. The monoisotopic (exact) mass is 570 g/mol. The zero-order valence-electron chi connectivity index (χ0n) is 25.5. The third kappa shape index (κ3) is 8.61. The van der Waals surface area contributed by atoms with E-state index in [0.717, 1.165) is 92.3 Å². The predicted octanol–water partition coefficient (Wildman–Crippen LogP) is 6.00. The van der Waals surface area contributed by atoms with Gasteiger partial charge in [0.2, 0.25) is 5.91 Å². The van der Waals surface area contributed by atoms with Gasteiger partial charge in [-0.2, -0.15) is 0 Å². The number of hydrogen-bond donors (Lipinski definition) is 1. The summed E-state index contributed by atoms with van der Waals surface area (Å²) in [6, 6.07) is 17.5. The van der Waals surface area contributed by atoms with Gasteiger partial charge in [-0.15, -0.1) is 0 Å². The molecule has 8 nitrogen and oxygen atoms in total. The summed E-state index contributed by atoms with van der Waals surface area (Å²) in [5.41, 5.74) is 9.76. The van der Waals surface area contributed by atoms with Crippen molar-refractivity contribution in [1.82, 2.24) is 19.8 Å². The van der Waals surface area contributed by atoms with Crippen molar-refractivity contribution in [2.45, 2.75) is 58.8 Å². The van der Waals surface area contributed by atoms with Crippen molar-refractivity contribution in [3.63, 3.8) is 0 Å². The maximum Gasteiger partial charge on any atom is 0.236 e. The molecule has 0 radical (unpaired) electrons. The molecule has 0 saturated carbocycles. The summed E-state index contributed by atoms with van der Waals surface area (Å²) in [6.45, 7) is 8.42. The summed E-state index contributed by atoms with van der Waals surface area (Å²) in [4.78, 5) is 31.3. The minimum absolute atomic E-state index is 0.237. The molecule has 2 aromatic carbocycles. The van der Waals surface area contributed by atoms with Gasteiger partial charge in [0, 0.05) is 25.7 Å². The quantitative estimate of drug-likeness (QED) is 0.189. The molecule has 0 unspecified atom stereocenters. The molecule has 2 N–H and O–H groups in total. The Bertz CT molecular complexity index is 1300. The second-order valence-electron chi connectivity index (χ2n) is 11.1. The summed E-state index contributed by atoms with van der Waals surface area (Å²) >= 11 is 0. The summed E-state index contributed by atoms with van der Waals surface area (Å²) in [7, 11) is 1.77. The molecule has 1 aromatic heterocycles. The molecule has 1 fully saturated rings. The van der Waals surface area contributed by atoms with Crippen molar-refractivity contribution in [2.24, 2.45) is 10.9 Å². The predicted molar refractivity (Wildman–Crippen MR) is 170 cm³/mol. The van der Waals surface area contributed by atoms with Gasteiger partial charge in [0.1, 0.15) is 23.6 Å². The van der Waals surface area contributed by atoms with Crippen LogP contribution in [0.3, 0.4) is 0 Å². The molecule has 0 bridgehead atoms. The molecule has 1 aliphatic heterocycles. The van der Waals surface area contributed by atoms with Gasteiger partial charge >= 0.3 is 0 Å². The van der Waals surface area contributed by atoms with Gasteiger partial charge in [0.25, 0.3) is 0 Å². The Morgan fingerprint density at radius 3 is 2.50 bits per heavy atom. The van der Waals surface area contributed by atoms with E-state index in [-0.39, 0.29) is 5.91 Å². The van der Waals surface area contributed by atoms with Gasteiger partial charge in [0.15, 0.2) is 0 Å². The average molecular weight is 571 g/mol. The van der Waals surface area contributed by atoms with Crippen LogP contribution < -0.4 is 10.5 Å².